The van der Waals surface area contributed by atoms with Crippen LogP contribution in [0.15, 0.2) is 47.3 Å². The lowest BCUT2D eigenvalue weighted by Crippen LogP contribution is -2.38. The van der Waals surface area contributed by atoms with Gasteiger partial charge in [-0.25, -0.2) is 19.1 Å². The van der Waals surface area contributed by atoms with Gasteiger partial charge in [-0.05, 0) is 51.0 Å². The van der Waals surface area contributed by atoms with Gasteiger partial charge in [-0.2, -0.15) is 5.10 Å². The van der Waals surface area contributed by atoms with Crippen LogP contribution in [0.5, 0.6) is 11.5 Å². The van der Waals surface area contributed by atoms with E-state index in [0.717, 1.165) is 36.8 Å². The maximum Gasteiger partial charge on any atom is 0.347 e. The van der Waals surface area contributed by atoms with Crippen LogP contribution in [-0.4, -0.2) is 44.1 Å². The average molecular weight is 540 g/mol. The van der Waals surface area contributed by atoms with E-state index >= 15 is 0 Å². The molecule has 0 aliphatic heterocycles. The quantitative estimate of drug-likeness (QED) is 0.233. The molecule has 1 heterocycles. The number of carbonyl (C=O) groups is 2. The number of aryl methyl sites for hydroxylation is 1. The molecule has 10 heteroatoms. The Morgan fingerprint density at radius 3 is 2.38 bits per heavy atom. The van der Waals surface area contributed by atoms with Crippen LogP contribution < -0.4 is 15.2 Å². The number of hydrogen-bond acceptors (Lipinski definition) is 7. The summed E-state index contributed by atoms with van der Waals surface area (Å²) in [6.45, 7) is 7.56. The van der Waals surface area contributed by atoms with Crippen molar-refractivity contribution in [2.24, 2.45) is 0 Å². The number of ether oxygens (including phenoxy) is 3. The number of aromatic nitrogens is 3. The van der Waals surface area contributed by atoms with E-state index in [-0.39, 0.29) is 29.4 Å². The highest BCUT2D eigenvalue weighted by Crippen LogP contribution is 2.31. The Kier molecular flexibility index (Phi) is 9.92. The number of unbranched alkanes of at least 4 members (excludes halogenated alkanes) is 3. The summed E-state index contributed by atoms with van der Waals surface area (Å²) in [6, 6.07) is 12.2. The van der Waals surface area contributed by atoms with Gasteiger partial charge in [0, 0.05) is 6.54 Å². The van der Waals surface area contributed by atoms with Gasteiger partial charge in [0.1, 0.15) is 0 Å². The molecule has 210 valence electrons. The van der Waals surface area contributed by atoms with Crippen molar-refractivity contribution in [3.63, 3.8) is 0 Å². The molecule has 3 aromatic rings. The minimum Gasteiger partial charge on any atom is -0.493 e. The van der Waals surface area contributed by atoms with Crippen molar-refractivity contribution >= 4 is 11.9 Å². The first kappa shape index (κ1) is 29.5. The number of benzene rings is 2. The van der Waals surface area contributed by atoms with Crippen molar-refractivity contribution in [2.45, 2.75) is 78.7 Å². The zero-order valence-corrected chi connectivity index (χ0v) is 23.2. The number of carboxylic acid groups (broad SMARTS) is 1. The van der Waals surface area contributed by atoms with Crippen LogP contribution in [0, 0.1) is 6.92 Å². The lowest BCUT2D eigenvalue weighted by atomic mass is 10.1. The van der Waals surface area contributed by atoms with E-state index in [9.17, 15) is 19.5 Å². The summed E-state index contributed by atoms with van der Waals surface area (Å²) < 4.78 is 19.4. The van der Waals surface area contributed by atoms with Crippen LogP contribution >= 0.6 is 0 Å². The lowest BCUT2D eigenvalue weighted by Gasteiger charge is -2.23. The van der Waals surface area contributed by atoms with Crippen LogP contribution in [0.3, 0.4) is 0 Å². The molecule has 10 nitrogen and oxygen atoms in total. The third-order valence-electron chi connectivity index (χ3n) is 6.30. The second-order valence-corrected chi connectivity index (χ2v) is 9.91. The van der Waals surface area contributed by atoms with Crippen molar-refractivity contribution in [1.29, 1.82) is 0 Å². The van der Waals surface area contributed by atoms with Crippen LogP contribution in [0.4, 0.5) is 0 Å². The van der Waals surface area contributed by atoms with Crippen molar-refractivity contribution < 1.29 is 28.9 Å². The molecule has 0 aliphatic rings. The normalized spacial score (nSPS) is 11.3. The molecule has 3 rings (SSSR count). The molecule has 39 heavy (non-hydrogen) atoms. The third kappa shape index (κ3) is 7.72. The first-order valence-corrected chi connectivity index (χ1v) is 13.0. The molecule has 0 spiro atoms. The highest BCUT2D eigenvalue weighted by Gasteiger charge is 2.31. The number of rotatable bonds is 14. The Morgan fingerprint density at radius 1 is 1.03 bits per heavy atom. The number of methoxy groups -OCH3 is 1. The predicted octanol–water partition coefficient (Wildman–Crippen LogP) is 4.59. The van der Waals surface area contributed by atoms with Crippen LogP contribution in [-0.2, 0) is 29.2 Å². The van der Waals surface area contributed by atoms with E-state index in [1.165, 1.54) is 43.8 Å². The fourth-order valence-corrected chi connectivity index (χ4v) is 3.89. The number of nitrogens with zero attached hydrogens (tertiary/aromatic N) is 3. The number of carboxylic acids is 1. The number of aliphatic carboxylic acids is 1. The lowest BCUT2D eigenvalue weighted by molar-refractivity contribution is -0.152. The molecule has 1 aromatic heterocycles. The smallest absolute Gasteiger partial charge is 0.347 e. The number of carbonyl (C=O) groups excluding carboxylic acids is 1. The fraction of sp³-hybridized carbons (Fsp3) is 0.448. The Morgan fingerprint density at radius 2 is 1.74 bits per heavy atom. The highest BCUT2D eigenvalue weighted by atomic mass is 16.5. The molecule has 1 N–H and O–H groups in total. The van der Waals surface area contributed by atoms with Gasteiger partial charge in [0.2, 0.25) is 0 Å². The van der Waals surface area contributed by atoms with Crippen LogP contribution in [0.25, 0.3) is 0 Å². The zero-order chi connectivity index (χ0) is 28.6. The topological polar surface area (TPSA) is 122 Å². The first-order chi connectivity index (χ1) is 18.6. The van der Waals surface area contributed by atoms with Gasteiger partial charge in [-0.3, -0.25) is 4.57 Å². The maximum atomic E-state index is 13.2. The van der Waals surface area contributed by atoms with Gasteiger partial charge in [-0.15, -0.1) is 0 Å². The second-order valence-electron chi connectivity index (χ2n) is 9.91. The zero-order valence-electron chi connectivity index (χ0n) is 23.2. The summed E-state index contributed by atoms with van der Waals surface area (Å²) in [6.07, 6.45) is 3.95. The Labute approximate surface area is 228 Å². The fourth-order valence-electron chi connectivity index (χ4n) is 3.89. The minimum atomic E-state index is -1.49. The molecular weight excluding hydrogens is 502 g/mol. The van der Waals surface area contributed by atoms with Gasteiger partial charge in [-0.1, -0.05) is 56.0 Å². The molecule has 0 unspecified atom stereocenters. The summed E-state index contributed by atoms with van der Waals surface area (Å²) in [4.78, 5) is 37.5. The van der Waals surface area contributed by atoms with Gasteiger partial charge in [0.05, 0.1) is 19.2 Å². The molecule has 0 saturated carbocycles. The van der Waals surface area contributed by atoms with Gasteiger partial charge in [0.25, 0.3) is 0 Å². The molecular formula is C29H37N3O7. The highest BCUT2D eigenvalue weighted by molar-refractivity contribution is 5.90. The number of hydrogen-bond donors (Lipinski definition) is 1. The van der Waals surface area contributed by atoms with Gasteiger partial charge < -0.3 is 19.3 Å². The van der Waals surface area contributed by atoms with Crippen molar-refractivity contribution in [1.82, 2.24) is 14.3 Å². The van der Waals surface area contributed by atoms with E-state index < -0.39 is 17.5 Å². The van der Waals surface area contributed by atoms with Gasteiger partial charge in [0.15, 0.2) is 29.5 Å². The first-order valence-electron chi connectivity index (χ1n) is 13.0. The van der Waals surface area contributed by atoms with E-state index in [1.807, 2.05) is 31.2 Å². The summed E-state index contributed by atoms with van der Waals surface area (Å²) >= 11 is 0. The Bertz CT molecular complexity index is 1340. The summed E-state index contributed by atoms with van der Waals surface area (Å²) in [5, 5.41) is 13.8. The largest absolute Gasteiger partial charge is 0.493 e. The Balaban J connectivity index is 1.78. The van der Waals surface area contributed by atoms with Crippen molar-refractivity contribution in [2.75, 3.05) is 7.11 Å². The van der Waals surface area contributed by atoms with E-state index in [2.05, 4.69) is 12.0 Å². The second kappa shape index (κ2) is 13.1. The van der Waals surface area contributed by atoms with Crippen molar-refractivity contribution in [3.05, 3.63) is 75.5 Å². The molecule has 0 fully saturated rings. The number of esters is 1. The summed E-state index contributed by atoms with van der Waals surface area (Å²) in [5.74, 6) is -1.05. The monoisotopic (exact) mass is 539 g/mol. The molecule has 0 radical (unpaired) electrons. The molecule has 0 bridgehead atoms. The molecule has 0 aliphatic carbocycles. The Hall–Kier alpha value is -4.08. The summed E-state index contributed by atoms with van der Waals surface area (Å²) in [5.41, 5.74) is 0.517. The predicted molar refractivity (Wildman–Crippen MR) is 145 cm³/mol. The maximum absolute atomic E-state index is 13.2. The molecule has 0 saturated heterocycles. The SMILES string of the molecule is CCCCCCn1c(COC(=O)c2ccc(OC(C)(C)C(=O)O)c(OC)c2)nn(Cc2ccc(C)cc2)c1=O. The van der Waals surface area contributed by atoms with E-state index in [4.69, 9.17) is 14.2 Å². The molecule has 2 aromatic carbocycles. The molecule has 0 amide bonds. The van der Waals surface area contributed by atoms with Crippen LogP contribution in [0.2, 0.25) is 0 Å². The third-order valence-corrected chi connectivity index (χ3v) is 6.30. The van der Waals surface area contributed by atoms with Crippen LogP contribution in [0.1, 0.15) is 73.8 Å². The van der Waals surface area contributed by atoms with Crippen molar-refractivity contribution in [3.8, 4) is 11.5 Å². The standard InChI is InChI=1S/C29H37N3O7/c1-6-7-8-9-16-31-25(30-32(28(31)36)18-21-12-10-20(2)11-13-21)19-38-26(33)22-14-15-23(24(17-22)37-5)39-29(3,4)27(34)35/h10-15,17H,6-9,16,18-19H2,1-5H3,(H,34,35). The minimum absolute atomic E-state index is 0.178. The molecule has 0 atom stereocenters. The van der Waals surface area contributed by atoms with Gasteiger partial charge >= 0.3 is 17.6 Å². The van der Waals surface area contributed by atoms with E-state index in [0.29, 0.717) is 18.9 Å². The average Bonchev–Trinajstić information content (AvgIpc) is 3.20. The summed E-state index contributed by atoms with van der Waals surface area (Å²) in [7, 11) is 1.39. The van der Waals surface area contributed by atoms with E-state index in [1.54, 1.807) is 4.57 Å².